The molecule has 0 aromatic heterocycles. The van der Waals surface area contributed by atoms with Crippen molar-refractivity contribution < 1.29 is 28.9 Å². The third kappa shape index (κ3) is 3.83. The number of benzene rings is 1. The fourth-order valence-electron chi connectivity index (χ4n) is 3.38. The molecule has 7 heteroatoms. The lowest BCUT2D eigenvalue weighted by molar-refractivity contribution is -0.158. The van der Waals surface area contributed by atoms with Gasteiger partial charge in [-0.15, -0.1) is 6.58 Å². The number of methoxy groups -OCH3 is 3. The molecule has 2 rings (SSSR count). The lowest BCUT2D eigenvalue weighted by atomic mass is 9.87. The highest BCUT2D eigenvalue weighted by atomic mass is 16.5. The summed E-state index contributed by atoms with van der Waals surface area (Å²) >= 11 is 0. The second kappa shape index (κ2) is 8.82. The predicted molar refractivity (Wildman–Crippen MR) is 105 cm³/mol. The molecule has 0 bridgehead atoms. The molecule has 0 radical (unpaired) electrons. The first-order valence-corrected chi connectivity index (χ1v) is 8.94. The minimum atomic E-state index is -1.30. The summed E-state index contributed by atoms with van der Waals surface area (Å²) in [4.78, 5) is 26.7. The van der Waals surface area contributed by atoms with Gasteiger partial charge in [-0.2, -0.15) is 0 Å². The minimum Gasteiger partial charge on any atom is -0.493 e. The van der Waals surface area contributed by atoms with E-state index >= 15 is 0 Å². The lowest BCUT2D eigenvalue weighted by Gasteiger charge is -2.41. The second-order valence-corrected chi connectivity index (χ2v) is 6.74. The second-order valence-electron chi connectivity index (χ2n) is 6.74. The Kier molecular flexibility index (Phi) is 6.72. The van der Waals surface area contributed by atoms with Crippen LogP contribution in [0.25, 0.3) is 0 Å². The maximum atomic E-state index is 13.4. The Labute approximate surface area is 165 Å². The first kappa shape index (κ1) is 21.3. The third-order valence-electron chi connectivity index (χ3n) is 5.08. The normalized spacial score (nSPS) is 19.6. The van der Waals surface area contributed by atoms with Gasteiger partial charge in [-0.1, -0.05) is 18.2 Å². The Morgan fingerprint density at radius 1 is 1.21 bits per heavy atom. The van der Waals surface area contributed by atoms with Crippen LogP contribution in [-0.4, -0.2) is 55.3 Å². The van der Waals surface area contributed by atoms with Crippen molar-refractivity contribution in [3.05, 3.63) is 42.5 Å². The topological polar surface area (TPSA) is 85.3 Å². The van der Waals surface area contributed by atoms with E-state index in [0.29, 0.717) is 29.2 Å². The van der Waals surface area contributed by atoms with Gasteiger partial charge in [0.2, 0.25) is 11.7 Å². The van der Waals surface area contributed by atoms with Crippen LogP contribution in [0.2, 0.25) is 0 Å². The summed E-state index contributed by atoms with van der Waals surface area (Å²) in [5, 5.41) is 9.73. The number of carbonyl (C=O) groups is 2. The van der Waals surface area contributed by atoms with E-state index in [2.05, 4.69) is 6.58 Å². The predicted octanol–water partition coefficient (Wildman–Crippen LogP) is 3.00. The fourth-order valence-corrected chi connectivity index (χ4v) is 3.38. The Balaban J connectivity index is 2.53. The molecule has 7 nitrogen and oxygen atoms in total. The Morgan fingerprint density at radius 3 is 2.29 bits per heavy atom. The van der Waals surface area contributed by atoms with E-state index in [1.807, 2.05) is 6.08 Å². The summed E-state index contributed by atoms with van der Waals surface area (Å²) in [6.07, 6.45) is 5.84. The highest BCUT2D eigenvalue weighted by molar-refractivity contribution is 5.91. The molecule has 1 aromatic carbocycles. The number of aliphatic carboxylic acids is 1. The molecule has 28 heavy (non-hydrogen) atoms. The molecule has 1 aromatic rings. The summed E-state index contributed by atoms with van der Waals surface area (Å²) in [5.41, 5.74) is -0.659. The molecule has 0 saturated carbocycles. The van der Waals surface area contributed by atoms with Crippen LogP contribution in [0.5, 0.6) is 17.2 Å². The number of rotatable bonds is 8. The SMILES string of the molecule is C=CCC(C(=O)N1CC=CCC1(C)C(=O)O)c1cc(OC)c(OC)c(OC)c1. The number of hydrogen-bond acceptors (Lipinski definition) is 5. The monoisotopic (exact) mass is 389 g/mol. The summed E-state index contributed by atoms with van der Waals surface area (Å²) in [7, 11) is 4.51. The van der Waals surface area contributed by atoms with Crippen molar-refractivity contribution in [3.63, 3.8) is 0 Å². The zero-order valence-corrected chi connectivity index (χ0v) is 16.7. The smallest absolute Gasteiger partial charge is 0.329 e. The van der Waals surface area contributed by atoms with Gasteiger partial charge in [0.15, 0.2) is 11.5 Å². The van der Waals surface area contributed by atoms with Gasteiger partial charge in [0.25, 0.3) is 0 Å². The van der Waals surface area contributed by atoms with E-state index in [-0.39, 0.29) is 18.9 Å². The molecule has 1 amide bonds. The van der Waals surface area contributed by atoms with Crippen LogP contribution in [0.15, 0.2) is 36.9 Å². The van der Waals surface area contributed by atoms with Gasteiger partial charge in [-0.3, -0.25) is 4.79 Å². The Bertz CT molecular complexity index is 762. The van der Waals surface area contributed by atoms with Gasteiger partial charge in [0, 0.05) is 6.54 Å². The molecular formula is C21H27NO6. The van der Waals surface area contributed by atoms with Gasteiger partial charge >= 0.3 is 5.97 Å². The van der Waals surface area contributed by atoms with Crippen molar-refractivity contribution in [2.45, 2.75) is 31.2 Å². The molecule has 2 atom stereocenters. The zero-order valence-electron chi connectivity index (χ0n) is 16.7. The molecule has 1 heterocycles. The molecular weight excluding hydrogens is 362 g/mol. The first-order valence-electron chi connectivity index (χ1n) is 8.94. The van der Waals surface area contributed by atoms with Crippen LogP contribution in [0.1, 0.15) is 31.2 Å². The first-order chi connectivity index (χ1) is 13.3. The number of allylic oxidation sites excluding steroid dienone is 1. The molecule has 1 aliphatic rings. The van der Waals surface area contributed by atoms with Gasteiger partial charge in [-0.05, 0) is 37.5 Å². The molecule has 1 aliphatic heterocycles. The van der Waals surface area contributed by atoms with Gasteiger partial charge in [0.05, 0.1) is 27.2 Å². The number of carboxylic acid groups (broad SMARTS) is 1. The number of carbonyl (C=O) groups excluding carboxylic acids is 1. The van der Waals surface area contributed by atoms with Crippen molar-refractivity contribution in [2.24, 2.45) is 0 Å². The van der Waals surface area contributed by atoms with Crippen molar-refractivity contribution in [1.29, 1.82) is 0 Å². The summed E-state index contributed by atoms with van der Waals surface area (Å²) in [6.45, 7) is 5.56. The van der Waals surface area contributed by atoms with E-state index < -0.39 is 17.4 Å². The molecule has 152 valence electrons. The van der Waals surface area contributed by atoms with Crippen LogP contribution in [-0.2, 0) is 9.59 Å². The molecule has 1 N–H and O–H groups in total. The van der Waals surface area contributed by atoms with Gasteiger partial charge in [-0.25, -0.2) is 4.79 Å². The van der Waals surface area contributed by atoms with E-state index in [0.717, 1.165) is 0 Å². The summed E-state index contributed by atoms with van der Waals surface area (Å²) < 4.78 is 16.1. The Morgan fingerprint density at radius 2 is 1.82 bits per heavy atom. The van der Waals surface area contributed by atoms with Crippen LogP contribution < -0.4 is 14.2 Å². The van der Waals surface area contributed by atoms with E-state index in [9.17, 15) is 14.7 Å². The lowest BCUT2D eigenvalue weighted by Crippen LogP contribution is -2.57. The molecule has 0 spiro atoms. The summed E-state index contributed by atoms with van der Waals surface area (Å²) in [5.74, 6) is -0.668. The van der Waals surface area contributed by atoms with Gasteiger partial charge < -0.3 is 24.2 Å². The van der Waals surface area contributed by atoms with E-state index in [4.69, 9.17) is 14.2 Å². The Hall–Kier alpha value is -2.96. The summed E-state index contributed by atoms with van der Waals surface area (Å²) in [6, 6.07) is 3.43. The van der Waals surface area contributed by atoms with Crippen LogP contribution in [0, 0.1) is 0 Å². The number of carboxylic acids is 1. The third-order valence-corrected chi connectivity index (χ3v) is 5.08. The molecule has 2 unspecified atom stereocenters. The molecule has 0 fully saturated rings. The fraction of sp³-hybridized carbons (Fsp3) is 0.429. The highest BCUT2D eigenvalue weighted by Crippen LogP contribution is 2.41. The van der Waals surface area contributed by atoms with Crippen LogP contribution in [0.3, 0.4) is 0 Å². The number of hydrogen-bond donors (Lipinski definition) is 1. The number of ether oxygens (including phenoxy) is 3. The van der Waals surface area contributed by atoms with Crippen molar-refractivity contribution in [2.75, 3.05) is 27.9 Å². The number of amides is 1. The van der Waals surface area contributed by atoms with E-state index in [1.165, 1.54) is 26.2 Å². The average molecular weight is 389 g/mol. The van der Waals surface area contributed by atoms with E-state index in [1.54, 1.807) is 31.2 Å². The largest absolute Gasteiger partial charge is 0.493 e. The van der Waals surface area contributed by atoms with Crippen molar-refractivity contribution in [3.8, 4) is 17.2 Å². The molecule has 0 saturated heterocycles. The highest BCUT2D eigenvalue weighted by Gasteiger charge is 2.44. The van der Waals surface area contributed by atoms with Crippen molar-refractivity contribution >= 4 is 11.9 Å². The standard InChI is InChI=1S/C21H27NO6/c1-6-9-15(14-12-16(26-3)18(28-5)17(13-14)27-4)19(23)22-11-8-7-10-21(22,2)20(24)25/h6-8,12-13,15H,1,9-11H2,2-5H3,(H,24,25). The van der Waals surface area contributed by atoms with Crippen LogP contribution in [0.4, 0.5) is 0 Å². The number of nitrogens with zero attached hydrogens (tertiary/aromatic N) is 1. The quantitative estimate of drug-likeness (QED) is 0.688. The zero-order chi connectivity index (χ0) is 20.9. The molecule has 0 aliphatic carbocycles. The minimum absolute atomic E-state index is 0.236. The van der Waals surface area contributed by atoms with Gasteiger partial charge in [0.1, 0.15) is 5.54 Å². The van der Waals surface area contributed by atoms with Crippen LogP contribution >= 0.6 is 0 Å². The van der Waals surface area contributed by atoms with Crippen molar-refractivity contribution in [1.82, 2.24) is 4.90 Å². The maximum absolute atomic E-state index is 13.4. The maximum Gasteiger partial charge on any atom is 0.329 e. The average Bonchev–Trinajstić information content (AvgIpc) is 2.70.